The number of hydrogen-bond acceptors (Lipinski definition) is 3. The molecular weight excluding hydrogens is 204 g/mol. The van der Waals surface area contributed by atoms with Gasteiger partial charge in [-0.3, -0.25) is 4.98 Å². The van der Waals surface area contributed by atoms with Gasteiger partial charge in [0.05, 0.1) is 5.69 Å². The van der Waals surface area contributed by atoms with Crippen molar-refractivity contribution in [1.82, 2.24) is 14.8 Å². The molecular formula is C11H16N4O. The number of likely N-dealkylation sites (N-methyl/N-ethyl adjacent to an activating group) is 1. The lowest BCUT2D eigenvalue weighted by Crippen LogP contribution is -2.29. The molecule has 1 aromatic rings. The Labute approximate surface area is 94.9 Å². The molecule has 0 saturated carbocycles. The van der Waals surface area contributed by atoms with Gasteiger partial charge < -0.3 is 15.5 Å². The molecule has 2 rings (SSSR count). The summed E-state index contributed by atoms with van der Waals surface area (Å²) in [5, 5.41) is 0. The third-order valence-electron chi connectivity index (χ3n) is 2.84. The molecule has 2 heterocycles. The molecule has 0 atom stereocenters. The lowest BCUT2D eigenvalue weighted by molar-refractivity contribution is 0.197. The van der Waals surface area contributed by atoms with E-state index in [1.807, 2.05) is 24.1 Å². The third-order valence-corrected chi connectivity index (χ3v) is 2.84. The van der Waals surface area contributed by atoms with E-state index in [4.69, 9.17) is 5.73 Å². The summed E-state index contributed by atoms with van der Waals surface area (Å²) in [4.78, 5) is 19.5. The maximum atomic E-state index is 11.7. The Morgan fingerprint density at radius 2 is 2.31 bits per heavy atom. The van der Waals surface area contributed by atoms with Gasteiger partial charge >= 0.3 is 6.03 Å². The van der Waals surface area contributed by atoms with Gasteiger partial charge in [-0.2, -0.15) is 0 Å². The highest BCUT2D eigenvalue weighted by atomic mass is 16.2. The van der Waals surface area contributed by atoms with Crippen LogP contribution in [0.2, 0.25) is 0 Å². The minimum atomic E-state index is 0.0758. The van der Waals surface area contributed by atoms with Crippen LogP contribution >= 0.6 is 0 Å². The van der Waals surface area contributed by atoms with Gasteiger partial charge in [0.2, 0.25) is 0 Å². The van der Waals surface area contributed by atoms with E-state index in [0.717, 1.165) is 24.3 Å². The second kappa shape index (κ2) is 4.49. The van der Waals surface area contributed by atoms with Crippen molar-refractivity contribution in [2.24, 2.45) is 5.73 Å². The van der Waals surface area contributed by atoms with Crippen LogP contribution in [0.5, 0.6) is 0 Å². The van der Waals surface area contributed by atoms with Crippen molar-refractivity contribution in [3.8, 4) is 0 Å². The molecule has 1 saturated heterocycles. The van der Waals surface area contributed by atoms with E-state index < -0.39 is 0 Å². The first-order chi connectivity index (χ1) is 7.72. The van der Waals surface area contributed by atoms with Crippen molar-refractivity contribution in [3.05, 3.63) is 29.6 Å². The zero-order valence-corrected chi connectivity index (χ0v) is 9.39. The Morgan fingerprint density at radius 3 is 2.94 bits per heavy atom. The maximum absolute atomic E-state index is 11.7. The molecule has 0 aliphatic carbocycles. The van der Waals surface area contributed by atoms with Crippen LogP contribution in [0.3, 0.4) is 0 Å². The summed E-state index contributed by atoms with van der Waals surface area (Å²) >= 11 is 0. The van der Waals surface area contributed by atoms with Crippen molar-refractivity contribution in [1.29, 1.82) is 0 Å². The molecule has 5 heteroatoms. The summed E-state index contributed by atoms with van der Waals surface area (Å²) in [5.74, 6) is 0. The van der Waals surface area contributed by atoms with Gasteiger partial charge in [0, 0.05) is 39.4 Å². The molecule has 2 N–H and O–H groups in total. The number of amides is 2. The van der Waals surface area contributed by atoms with Gasteiger partial charge in [-0.1, -0.05) is 6.07 Å². The summed E-state index contributed by atoms with van der Waals surface area (Å²) in [5.41, 5.74) is 7.51. The largest absolute Gasteiger partial charge is 0.326 e. The smallest absolute Gasteiger partial charge is 0.320 e. The predicted molar refractivity (Wildman–Crippen MR) is 60.6 cm³/mol. The molecule has 2 amide bonds. The van der Waals surface area contributed by atoms with Crippen LogP contribution in [0.1, 0.15) is 11.3 Å². The minimum Gasteiger partial charge on any atom is -0.326 e. The molecule has 0 bridgehead atoms. The lowest BCUT2D eigenvalue weighted by Gasteiger charge is -2.17. The van der Waals surface area contributed by atoms with Crippen molar-refractivity contribution in [3.63, 3.8) is 0 Å². The Morgan fingerprint density at radius 1 is 1.50 bits per heavy atom. The van der Waals surface area contributed by atoms with Gasteiger partial charge in [0.15, 0.2) is 0 Å². The van der Waals surface area contributed by atoms with Crippen LogP contribution in [0.15, 0.2) is 18.3 Å². The fraction of sp³-hybridized carbons (Fsp3) is 0.455. The molecule has 1 aliphatic heterocycles. The average molecular weight is 220 g/mol. The molecule has 1 aromatic heterocycles. The first-order valence-corrected chi connectivity index (χ1v) is 5.35. The van der Waals surface area contributed by atoms with E-state index in [0.29, 0.717) is 13.1 Å². The van der Waals surface area contributed by atoms with Crippen LogP contribution in [-0.4, -0.2) is 41.0 Å². The fourth-order valence-electron chi connectivity index (χ4n) is 1.85. The molecule has 5 nitrogen and oxygen atoms in total. The number of hydrogen-bond donors (Lipinski definition) is 1. The molecule has 1 aliphatic rings. The van der Waals surface area contributed by atoms with Gasteiger partial charge in [-0.15, -0.1) is 0 Å². The first kappa shape index (κ1) is 10.9. The van der Waals surface area contributed by atoms with E-state index in [1.54, 1.807) is 11.1 Å². The molecule has 0 radical (unpaired) electrons. The highest BCUT2D eigenvalue weighted by Crippen LogP contribution is 2.13. The van der Waals surface area contributed by atoms with Crippen molar-refractivity contribution in [2.45, 2.75) is 13.1 Å². The number of aromatic nitrogens is 1. The van der Waals surface area contributed by atoms with Crippen LogP contribution < -0.4 is 5.73 Å². The van der Waals surface area contributed by atoms with Gasteiger partial charge in [0.25, 0.3) is 0 Å². The van der Waals surface area contributed by atoms with E-state index >= 15 is 0 Å². The van der Waals surface area contributed by atoms with Crippen LogP contribution in [0.4, 0.5) is 4.79 Å². The quantitative estimate of drug-likeness (QED) is 0.802. The predicted octanol–water partition coefficient (Wildman–Crippen LogP) is 0.408. The number of rotatable bonds is 3. The number of nitrogens with two attached hydrogens (primary N) is 1. The van der Waals surface area contributed by atoms with Crippen LogP contribution in [-0.2, 0) is 13.1 Å². The highest BCUT2D eigenvalue weighted by Gasteiger charge is 2.25. The fourth-order valence-corrected chi connectivity index (χ4v) is 1.85. The molecule has 16 heavy (non-hydrogen) atoms. The topological polar surface area (TPSA) is 62.5 Å². The Kier molecular flexibility index (Phi) is 3.05. The van der Waals surface area contributed by atoms with Gasteiger partial charge in [-0.05, 0) is 11.6 Å². The summed E-state index contributed by atoms with van der Waals surface area (Å²) in [7, 11) is 1.81. The van der Waals surface area contributed by atoms with E-state index in [-0.39, 0.29) is 6.03 Å². The standard InChI is InChI=1S/C11H16N4O/c1-14-5-6-15(11(14)16)8-9-3-2-4-13-10(9)7-12/h2-4H,5-8,12H2,1H3. The van der Waals surface area contributed by atoms with E-state index in [2.05, 4.69) is 4.98 Å². The van der Waals surface area contributed by atoms with E-state index in [1.165, 1.54) is 0 Å². The SMILES string of the molecule is CN1CCN(Cc2cccnc2CN)C1=O. The average Bonchev–Trinajstić information content (AvgIpc) is 2.62. The third kappa shape index (κ3) is 1.99. The molecule has 0 spiro atoms. The number of urea groups is 1. The monoisotopic (exact) mass is 220 g/mol. The number of nitrogens with zero attached hydrogens (tertiary/aromatic N) is 3. The van der Waals surface area contributed by atoms with Gasteiger partial charge in [-0.25, -0.2) is 4.79 Å². The summed E-state index contributed by atoms with van der Waals surface area (Å²) < 4.78 is 0. The molecule has 0 unspecified atom stereocenters. The molecule has 86 valence electrons. The Bertz CT molecular complexity index is 393. The highest BCUT2D eigenvalue weighted by molar-refractivity contribution is 5.76. The zero-order chi connectivity index (χ0) is 11.5. The van der Waals surface area contributed by atoms with E-state index in [9.17, 15) is 4.79 Å². The van der Waals surface area contributed by atoms with Crippen LogP contribution in [0.25, 0.3) is 0 Å². The maximum Gasteiger partial charge on any atom is 0.320 e. The Balaban J connectivity index is 2.12. The van der Waals surface area contributed by atoms with Crippen LogP contribution in [0, 0.1) is 0 Å². The van der Waals surface area contributed by atoms with Gasteiger partial charge in [0.1, 0.15) is 0 Å². The molecule has 0 aromatic carbocycles. The number of pyridine rings is 1. The summed E-state index contributed by atoms with van der Waals surface area (Å²) in [6, 6.07) is 3.92. The summed E-state index contributed by atoms with van der Waals surface area (Å²) in [6.45, 7) is 2.57. The Hall–Kier alpha value is -1.62. The number of carbonyl (C=O) groups excluding carboxylic acids is 1. The lowest BCUT2D eigenvalue weighted by atomic mass is 10.2. The second-order valence-corrected chi connectivity index (χ2v) is 3.94. The first-order valence-electron chi connectivity index (χ1n) is 5.35. The van der Waals surface area contributed by atoms with Crippen molar-refractivity contribution >= 4 is 6.03 Å². The summed E-state index contributed by atoms with van der Waals surface area (Å²) in [6.07, 6.45) is 1.73. The second-order valence-electron chi connectivity index (χ2n) is 3.94. The normalized spacial score (nSPS) is 16.0. The zero-order valence-electron chi connectivity index (χ0n) is 9.39. The van der Waals surface area contributed by atoms with Crippen molar-refractivity contribution in [2.75, 3.05) is 20.1 Å². The number of carbonyl (C=O) groups is 1. The van der Waals surface area contributed by atoms with Crippen molar-refractivity contribution < 1.29 is 4.79 Å². The molecule has 1 fully saturated rings. The minimum absolute atomic E-state index is 0.0758.